The Hall–Kier alpha value is -1.35. The predicted octanol–water partition coefficient (Wildman–Crippen LogP) is 1.78. The third-order valence-corrected chi connectivity index (χ3v) is 2.89. The molecule has 1 amide bonds. The number of primary amides is 1. The van der Waals surface area contributed by atoms with E-state index in [9.17, 15) is 4.79 Å². The second kappa shape index (κ2) is 5.66. The zero-order valence-corrected chi connectivity index (χ0v) is 9.99. The van der Waals surface area contributed by atoms with Crippen molar-refractivity contribution in [2.45, 2.75) is 32.2 Å². The first-order valence-electron chi connectivity index (χ1n) is 5.77. The average Bonchev–Trinajstić information content (AvgIpc) is 2.31. The van der Waals surface area contributed by atoms with Crippen LogP contribution in [0.15, 0.2) is 30.3 Å². The van der Waals surface area contributed by atoms with Gasteiger partial charge in [0.25, 0.3) is 0 Å². The van der Waals surface area contributed by atoms with Crippen LogP contribution in [0.3, 0.4) is 0 Å². The molecule has 3 N–H and O–H groups in total. The molecule has 0 aromatic heterocycles. The Labute approximate surface area is 97.0 Å². The lowest BCUT2D eigenvalue weighted by molar-refractivity contribution is -0.125. The third-order valence-electron chi connectivity index (χ3n) is 2.89. The van der Waals surface area contributed by atoms with Gasteiger partial charge in [0.2, 0.25) is 5.91 Å². The lowest BCUT2D eigenvalue weighted by atomic mass is 9.86. The summed E-state index contributed by atoms with van der Waals surface area (Å²) in [6.07, 6.45) is 1.63. The third kappa shape index (κ3) is 2.42. The van der Waals surface area contributed by atoms with E-state index in [1.165, 1.54) is 0 Å². The molecule has 16 heavy (non-hydrogen) atoms. The average molecular weight is 220 g/mol. The molecular weight excluding hydrogens is 200 g/mol. The Morgan fingerprint density at radius 1 is 1.31 bits per heavy atom. The van der Waals surface area contributed by atoms with Crippen LogP contribution in [0.1, 0.15) is 32.3 Å². The van der Waals surface area contributed by atoms with Gasteiger partial charge in [0.1, 0.15) is 5.54 Å². The van der Waals surface area contributed by atoms with E-state index in [0.717, 1.165) is 18.5 Å². The molecule has 0 saturated heterocycles. The van der Waals surface area contributed by atoms with Crippen LogP contribution in [-0.2, 0) is 10.3 Å². The molecule has 88 valence electrons. The molecule has 3 nitrogen and oxygen atoms in total. The van der Waals surface area contributed by atoms with Gasteiger partial charge in [-0.3, -0.25) is 10.1 Å². The number of hydrogen-bond acceptors (Lipinski definition) is 2. The van der Waals surface area contributed by atoms with Crippen LogP contribution < -0.4 is 11.1 Å². The van der Waals surface area contributed by atoms with Crippen molar-refractivity contribution in [2.24, 2.45) is 5.73 Å². The monoisotopic (exact) mass is 220 g/mol. The summed E-state index contributed by atoms with van der Waals surface area (Å²) < 4.78 is 0. The minimum atomic E-state index is -0.725. The number of amides is 1. The van der Waals surface area contributed by atoms with Crippen LogP contribution in [0, 0.1) is 0 Å². The molecule has 1 atom stereocenters. The maximum absolute atomic E-state index is 11.7. The van der Waals surface area contributed by atoms with Gasteiger partial charge in [-0.15, -0.1) is 0 Å². The number of nitrogens with one attached hydrogen (secondary N) is 1. The molecule has 0 saturated carbocycles. The summed E-state index contributed by atoms with van der Waals surface area (Å²) in [4.78, 5) is 11.7. The van der Waals surface area contributed by atoms with Crippen LogP contribution in [-0.4, -0.2) is 12.5 Å². The van der Waals surface area contributed by atoms with Gasteiger partial charge in [-0.1, -0.05) is 44.2 Å². The van der Waals surface area contributed by atoms with Gasteiger partial charge in [-0.05, 0) is 24.9 Å². The fraction of sp³-hybridized carbons (Fsp3) is 0.462. The largest absolute Gasteiger partial charge is 0.368 e. The van der Waals surface area contributed by atoms with E-state index in [1.54, 1.807) is 0 Å². The highest BCUT2D eigenvalue weighted by Crippen LogP contribution is 2.24. The first kappa shape index (κ1) is 12.7. The molecular formula is C13H20N2O. The summed E-state index contributed by atoms with van der Waals surface area (Å²) in [5.41, 5.74) is 5.77. The molecule has 0 bridgehead atoms. The van der Waals surface area contributed by atoms with Crippen LogP contribution in [0.5, 0.6) is 0 Å². The molecule has 1 rings (SSSR count). The molecule has 0 aliphatic heterocycles. The van der Waals surface area contributed by atoms with E-state index in [0.29, 0.717) is 6.42 Å². The minimum absolute atomic E-state index is 0.311. The lowest BCUT2D eigenvalue weighted by Gasteiger charge is -2.31. The molecule has 0 radical (unpaired) electrons. The first-order valence-corrected chi connectivity index (χ1v) is 5.77. The van der Waals surface area contributed by atoms with Crippen molar-refractivity contribution in [3.63, 3.8) is 0 Å². The minimum Gasteiger partial charge on any atom is -0.368 e. The van der Waals surface area contributed by atoms with Crippen molar-refractivity contribution in [1.29, 1.82) is 0 Å². The van der Waals surface area contributed by atoms with Crippen molar-refractivity contribution in [2.75, 3.05) is 6.54 Å². The van der Waals surface area contributed by atoms with Crippen molar-refractivity contribution >= 4 is 5.91 Å². The number of carbonyl (C=O) groups is 1. The van der Waals surface area contributed by atoms with Gasteiger partial charge in [0.15, 0.2) is 0 Å². The van der Waals surface area contributed by atoms with Crippen molar-refractivity contribution in [3.8, 4) is 0 Å². The SMILES string of the molecule is CCCNC(CC)(C(N)=O)c1ccccc1. The Bertz CT molecular complexity index is 337. The van der Waals surface area contributed by atoms with Gasteiger partial charge >= 0.3 is 0 Å². The van der Waals surface area contributed by atoms with E-state index < -0.39 is 5.54 Å². The van der Waals surface area contributed by atoms with Crippen LogP contribution in [0.25, 0.3) is 0 Å². The standard InChI is InChI=1S/C13H20N2O/c1-3-10-15-13(4-2,12(14)16)11-8-6-5-7-9-11/h5-9,15H,3-4,10H2,1-2H3,(H2,14,16). The number of carbonyl (C=O) groups excluding carboxylic acids is 1. The molecule has 0 spiro atoms. The fourth-order valence-electron chi connectivity index (χ4n) is 1.90. The zero-order chi connectivity index (χ0) is 12.0. The summed E-state index contributed by atoms with van der Waals surface area (Å²) in [5.74, 6) is -0.311. The molecule has 1 unspecified atom stereocenters. The Kier molecular flexibility index (Phi) is 4.50. The van der Waals surface area contributed by atoms with Gasteiger partial charge in [0, 0.05) is 0 Å². The van der Waals surface area contributed by atoms with Gasteiger partial charge in [-0.25, -0.2) is 0 Å². The van der Waals surface area contributed by atoms with Crippen molar-refractivity contribution in [1.82, 2.24) is 5.32 Å². The number of nitrogens with two attached hydrogens (primary N) is 1. The molecule has 0 fully saturated rings. The molecule has 1 aromatic carbocycles. The molecule has 0 aliphatic carbocycles. The van der Waals surface area contributed by atoms with E-state index in [4.69, 9.17) is 5.73 Å². The highest BCUT2D eigenvalue weighted by Gasteiger charge is 2.35. The summed E-state index contributed by atoms with van der Waals surface area (Å²) in [6, 6.07) is 9.67. The summed E-state index contributed by atoms with van der Waals surface area (Å²) in [7, 11) is 0. The van der Waals surface area contributed by atoms with Gasteiger partial charge in [0.05, 0.1) is 0 Å². The van der Waals surface area contributed by atoms with Crippen LogP contribution >= 0.6 is 0 Å². The van der Waals surface area contributed by atoms with E-state index in [2.05, 4.69) is 12.2 Å². The van der Waals surface area contributed by atoms with Crippen molar-refractivity contribution in [3.05, 3.63) is 35.9 Å². The Morgan fingerprint density at radius 2 is 1.94 bits per heavy atom. The Balaban J connectivity index is 3.07. The smallest absolute Gasteiger partial charge is 0.242 e. The lowest BCUT2D eigenvalue weighted by Crippen LogP contribution is -2.52. The van der Waals surface area contributed by atoms with E-state index in [1.807, 2.05) is 37.3 Å². The molecule has 0 heterocycles. The highest BCUT2D eigenvalue weighted by atomic mass is 16.1. The zero-order valence-electron chi connectivity index (χ0n) is 9.99. The van der Waals surface area contributed by atoms with Crippen LogP contribution in [0.2, 0.25) is 0 Å². The van der Waals surface area contributed by atoms with E-state index in [-0.39, 0.29) is 5.91 Å². The summed E-state index contributed by atoms with van der Waals surface area (Å²) in [5, 5.41) is 3.27. The second-order valence-corrected chi connectivity index (χ2v) is 3.92. The van der Waals surface area contributed by atoms with Crippen LogP contribution in [0.4, 0.5) is 0 Å². The fourth-order valence-corrected chi connectivity index (χ4v) is 1.90. The Morgan fingerprint density at radius 3 is 2.38 bits per heavy atom. The predicted molar refractivity (Wildman–Crippen MR) is 65.9 cm³/mol. The van der Waals surface area contributed by atoms with Gasteiger partial charge in [-0.2, -0.15) is 0 Å². The molecule has 1 aromatic rings. The quantitative estimate of drug-likeness (QED) is 0.767. The maximum atomic E-state index is 11.7. The topological polar surface area (TPSA) is 55.1 Å². The summed E-state index contributed by atoms with van der Waals surface area (Å²) >= 11 is 0. The molecule has 0 aliphatic rings. The number of rotatable bonds is 6. The van der Waals surface area contributed by atoms with Gasteiger partial charge < -0.3 is 5.73 Å². The number of benzene rings is 1. The van der Waals surface area contributed by atoms with Crippen molar-refractivity contribution < 1.29 is 4.79 Å². The number of hydrogen-bond donors (Lipinski definition) is 2. The normalized spacial score (nSPS) is 14.4. The summed E-state index contributed by atoms with van der Waals surface area (Å²) in [6.45, 7) is 4.82. The second-order valence-electron chi connectivity index (χ2n) is 3.92. The first-order chi connectivity index (χ1) is 7.67. The maximum Gasteiger partial charge on any atom is 0.242 e. The highest BCUT2D eigenvalue weighted by molar-refractivity contribution is 5.86. The molecule has 3 heteroatoms. The van der Waals surface area contributed by atoms with E-state index >= 15 is 0 Å².